The number of hydrogen-bond acceptors (Lipinski definition) is 5. The Morgan fingerprint density at radius 2 is 1.58 bits per heavy atom. The minimum atomic E-state index is -4.31. The lowest BCUT2D eigenvalue weighted by Gasteiger charge is -2.29. The van der Waals surface area contributed by atoms with Gasteiger partial charge in [-0.15, -0.1) is 0 Å². The van der Waals surface area contributed by atoms with Crippen molar-refractivity contribution in [1.82, 2.24) is 5.32 Å². The summed E-state index contributed by atoms with van der Waals surface area (Å²) < 4.78 is 30.9. The van der Waals surface area contributed by atoms with Gasteiger partial charge in [0.05, 0.1) is 17.2 Å². The zero-order valence-electron chi connectivity index (χ0n) is 14.3. The number of nitrogens with one attached hydrogen (secondary N) is 1. The molecular formula is C14H26N2O7S. The maximum absolute atomic E-state index is 12.4. The molecule has 0 saturated heterocycles. The third-order valence-corrected chi connectivity index (χ3v) is 4.65. The van der Waals surface area contributed by atoms with Gasteiger partial charge in [0.2, 0.25) is 11.8 Å². The molecule has 0 aromatic rings. The summed E-state index contributed by atoms with van der Waals surface area (Å²) in [6, 6.07) is 0. The van der Waals surface area contributed by atoms with E-state index >= 15 is 0 Å². The molecule has 24 heavy (non-hydrogen) atoms. The van der Waals surface area contributed by atoms with Gasteiger partial charge in [-0.25, -0.2) is 0 Å². The van der Waals surface area contributed by atoms with Crippen LogP contribution in [0.5, 0.6) is 0 Å². The van der Waals surface area contributed by atoms with Crippen molar-refractivity contribution in [3.8, 4) is 0 Å². The van der Waals surface area contributed by atoms with Crippen LogP contribution in [0.2, 0.25) is 0 Å². The zero-order valence-corrected chi connectivity index (χ0v) is 15.1. The van der Waals surface area contributed by atoms with Crippen molar-refractivity contribution in [2.24, 2.45) is 23.5 Å². The van der Waals surface area contributed by atoms with E-state index in [1.807, 2.05) is 0 Å². The number of nitrogens with two attached hydrogens (primary N) is 1. The number of rotatable bonds is 10. The van der Waals surface area contributed by atoms with Crippen molar-refractivity contribution in [2.75, 3.05) is 5.75 Å². The molecule has 0 aliphatic heterocycles. The van der Waals surface area contributed by atoms with Crippen LogP contribution < -0.4 is 11.1 Å². The normalized spacial score (nSPS) is 16.0. The molecule has 0 rings (SSSR count). The van der Waals surface area contributed by atoms with Crippen molar-refractivity contribution in [1.29, 1.82) is 0 Å². The first kappa shape index (κ1) is 22.3. The molecule has 0 aromatic heterocycles. The van der Waals surface area contributed by atoms with Gasteiger partial charge in [0, 0.05) is 11.8 Å². The Hall–Kier alpha value is -1.68. The van der Waals surface area contributed by atoms with Crippen LogP contribution in [0.1, 0.15) is 40.5 Å². The summed E-state index contributed by atoms with van der Waals surface area (Å²) in [6.45, 7) is 5.78. The van der Waals surface area contributed by atoms with Crippen molar-refractivity contribution >= 4 is 27.9 Å². The average Bonchev–Trinajstić information content (AvgIpc) is 2.33. The SMILES string of the molecule is CC(CC(CC(C)C(=O)O)C(=O)NC(C)(C)CS(=O)(=O)O)C(N)=O. The highest BCUT2D eigenvalue weighted by Gasteiger charge is 2.32. The highest BCUT2D eigenvalue weighted by atomic mass is 32.2. The fourth-order valence-electron chi connectivity index (χ4n) is 2.31. The first-order chi connectivity index (χ1) is 10.6. The molecule has 9 nitrogen and oxygen atoms in total. The van der Waals surface area contributed by atoms with Crippen molar-refractivity contribution in [3.05, 3.63) is 0 Å². The molecule has 0 aromatic carbocycles. The summed E-state index contributed by atoms with van der Waals surface area (Å²) in [5.74, 6) is -5.30. The number of carbonyl (C=O) groups excluding carboxylic acids is 2. The smallest absolute Gasteiger partial charge is 0.306 e. The summed E-state index contributed by atoms with van der Waals surface area (Å²) in [7, 11) is -4.31. The van der Waals surface area contributed by atoms with Gasteiger partial charge in [0.25, 0.3) is 10.1 Å². The van der Waals surface area contributed by atoms with Gasteiger partial charge in [0.15, 0.2) is 0 Å². The van der Waals surface area contributed by atoms with E-state index in [0.717, 1.165) is 0 Å². The third-order valence-electron chi connectivity index (χ3n) is 3.56. The predicted octanol–water partition coefficient (Wildman–Crippen LogP) is 0.00750. The Balaban J connectivity index is 5.21. The van der Waals surface area contributed by atoms with E-state index in [2.05, 4.69) is 5.32 Å². The van der Waals surface area contributed by atoms with Crippen LogP contribution >= 0.6 is 0 Å². The summed E-state index contributed by atoms with van der Waals surface area (Å²) in [5.41, 5.74) is 3.93. The summed E-state index contributed by atoms with van der Waals surface area (Å²) in [5, 5.41) is 11.5. The number of amides is 2. The average molecular weight is 366 g/mol. The molecule has 0 saturated carbocycles. The number of hydrogen-bond donors (Lipinski definition) is 4. The quantitative estimate of drug-likeness (QED) is 0.395. The van der Waals surface area contributed by atoms with Gasteiger partial charge in [-0.1, -0.05) is 13.8 Å². The monoisotopic (exact) mass is 366 g/mol. The fourth-order valence-corrected chi connectivity index (χ4v) is 3.29. The Kier molecular flexibility index (Phi) is 7.84. The standard InChI is InChI=1S/C14H26N2O7S/c1-8(11(15)17)5-10(6-9(2)13(19)20)12(18)16-14(3,4)7-24(21,22)23/h8-10H,5-7H2,1-4H3,(H2,15,17)(H,16,18)(H,19,20)(H,21,22,23). The molecule has 0 radical (unpaired) electrons. The largest absolute Gasteiger partial charge is 0.481 e. The highest BCUT2D eigenvalue weighted by molar-refractivity contribution is 7.85. The second-order valence-electron chi connectivity index (χ2n) is 6.81. The van der Waals surface area contributed by atoms with Gasteiger partial charge in [-0.2, -0.15) is 8.42 Å². The lowest BCUT2D eigenvalue weighted by Crippen LogP contribution is -2.51. The molecule has 0 heterocycles. The molecule has 5 N–H and O–H groups in total. The van der Waals surface area contributed by atoms with Gasteiger partial charge in [-0.3, -0.25) is 18.9 Å². The molecule has 0 spiro atoms. The van der Waals surface area contributed by atoms with Crippen molar-refractivity contribution in [2.45, 2.75) is 46.1 Å². The summed E-state index contributed by atoms with van der Waals surface area (Å²) >= 11 is 0. The topological polar surface area (TPSA) is 164 Å². The molecule has 140 valence electrons. The maximum Gasteiger partial charge on any atom is 0.306 e. The van der Waals surface area contributed by atoms with Crippen molar-refractivity contribution < 1.29 is 32.5 Å². The number of aliphatic carboxylic acids is 1. The van der Waals surface area contributed by atoms with E-state index in [4.69, 9.17) is 15.4 Å². The minimum absolute atomic E-state index is 0.0270. The fraction of sp³-hybridized carbons (Fsp3) is 0.786. The first-order valence-electron chi connectivity index (χ1n) is 7.44. The molecule has 0 aliphatic rings. The van der Waals surface area contributed by atoms with E-state index in [0.29, 0.717) is 0 Å². The predicted molar refractivity (Wildman–Crippen MR) is 86.5 cm³/mol. The second kappa shape index (κ2) is 8.43. The summed E-state index contributed by atoms with van der Waals surface area (Å²) in [4.78, 5) is 34.7. The highest BCUT2D eigenvalue weighted by Crippen LogP contribution is 2.22. The van der Waals surface area contributed by atoms with Gasteiger partial charge in [0.1, 0.15) is 0 Å². The van der Waals surface area contributed by atoms with Crippen LogP contribution in [0.25, 0.3) is 0 Å². The number of primary amides is 1. The van der Waals surface area contributed by atoms with Crippen LogP contribution in [0.15, 0.2) is 0 Å². The lowest BCUT2D eigenvalue weighted by molar-refractivity contribution is -0.142. The molecular weight excluding hydrogens is 340 g/mol. The van der Waals surface area contributed by atoms with E-state index in [1.165, 1.54) is 27.7 Å². The second-order valence-corrected chi connectivity index (χ2v) is 8.26. The Bertz CT molecular complexity index is 564. The Morgan fingerprint density at radius 1 is 1.12 bits per heavy atom. The van der Waals surface area contributed by atoms with Crippen LogP contribution in [0.4, 0.5) is 0 Å². The molecule has 3 unspecified atom stereocenters. The zero-order chi connectivity index (χ0) is 19.3. The van der Waals surface area contributed by atoms with Crippen molar-refractivity contribution in [3.63, 3.8) is 0 Å². The van der Waals surface area contributed by atoms with Crippen LogP contribution in [0, 0.1) is 17.8 Å². The lowest BCUT2D eigenvalue weighted by atomic mass is 9.86. The molecule has 0 bridgehead atoms. The maximum atomic E-state index is 12.4. The minimum Gasteiger partial charge on any atom is -0.481 e. The number of carboxylic acids is 1. The molecule has 10 heteroatoms. The molecule has 3 atom stereocenters. The molecule has 0 fully saturated rings. The van der Waals surface area contributed by atoms with Crippen LogP contribution in [0.3, 0.4) is 0 Å². The number of carbonyl (C=O) groups is 3. The van der Waals surface area contributed by atoms with Gasteiger partial charge in [-0.05, 0) is 26.7 Å². The van der Waals surface area contributed by atoms with Crippen LogP contribution in [-0.2, 0) is 24.5 Å². The molecule has 0 aliphatic carbocycles. The van der Waals surface area contributed by atoms with E-state index < -0.39 is 56.9 Å². The van der Waals surface area contributed by atoms with E-state index in [1.54, 1.807) is 0 Å². The third kappa shape index (κ3) is 8.82. The molecule has 2 amide bonds. The van der Waals surface area contributed by atoms with E-state index in [9.17, 15) is 22.8 Å². The Labute approximate surface area is 141 Å². The van der Waals surface area contributed by atoms with E-state index in [-0.39, 0.29) is 12.8 Å². The summed E-state index contributed by atoms with van der Waals surface area (Å²) in [6.07, 6.45) is 0.0154. The number of carboxylic acid groups (broad SMARTS) is 1. The van der Waals surface area contributed by atoms with Gasteiger partial charge >= 0.3 is 5.97 Å². The Morgan fingerprint density at radius 3 is 1.96 bits per heavy atom. The van der Waals surface area contributed by atoms with Crippen LogP contribution in [-0.4, -0.2) is 47.2 Å². The van der Waals surface area contributed by atoms with Gasteiger partial charge < -0.3 is 16.2 Å². The first-order valence-corrected chi connectivity index (χ1v) is 9.05.